The molecular weight excluding hydrogens is 426 g/mol. The van der Waals surface area contributed by atoms with Gasteiger partial charge in [0.2, 0.25) is 0 Å². The van der Waals surface area contributed by atoms with Crippen molar-refractivity contribution >= 4 is 28.2 Å². The van der Waals surface area contributed by atoms with Gasteiger partial charge in [-0.15, -0.1) is 0 Å². The molecule has 170 valence electrons. The van der Waals surface area contributed by atoms with Crippen LogP contribution in [0.5, 0.6) is 0 Å². The summed E-state index contributed by atoms with van der Waals surface area (Å²) in [6.45, 7) is 0.355. The highest BCUT2D eigenvalue weighted by atomic mass is 16.6. The second kappa shape index (κ2) is 9.35. The highest BCUT2D eigenvalue weighted by molar-refractivity contribution is 6.01. The first kappa shape index (κ1) is 21.6. The first-order valence-electron chi connectivity index (χ1n) is 11.5. The van der Waals surface area contributed by atoms with Crippen LogP contribution < -0.4 is 5.32 Å². The molecule has 1 atom stereocenters. The van der Waals surface area contributed by atoms with E-state index in [4.69, 9.17) is 0 Å². The van der Waals surface area contributed by atoms with Gasteiger partial charge in [-0.1, -0.05) is 72.8 Å². The molecule has 2 amide bonds. The van der Waals surface area contributed by atoms with Gasteiger partial charge < -0.3 is 10.2 Å². The average Bonchev–Trinajstić information content (AvgIpc) is 2.87. The van der Waals surface area contributed by atoms with Gasteiger partial charge in [-0.05, 0) is 47.4 Å². The summed E-state index contributed by atoms with van der Waals surface area (Å²) >= 11 is 0. The van der Waals surface area contributed by atoms with Crippen LogP contribution in [0.25, 0.3) is 10.8 Å². The summed E-state index contributed by atoms with van der Waals surface area (Å²) in [6.07, 6.45) is 2.87. The minimum atomic E-state index is -0.411. The summed E-state index contributed by atoms with van der Waals surface area (Å²) in [5, 5.41) is 16.3. The maximum absolute atomic E-state index is 13.8. The van der Waals surface area contributed by atoms with Crippen LogP contribution in [0.1, 0.15) is 35.6 Å². The molecular formula is C28H25N3O3. The quantitative estimate of drug-likeness (QED) is 0.266. The molecule has 0 aromatic heterocycles. The van der Waals surface area contributed by atoms with E-state index < -0.39 is 4.92 Å². The average molecular weight is 452 g/mol. The van der Waals surface area contributed by atoms with Gasteiger partial charge in [-0.2, -0.15) is 0 Å². The van der Waals surface area contributed by atoms with E-state index in [2.05, 4.69) is 17.4 Å². The fourth-order valence-electron chi connectivity index (χ4n) is 4.82. The van der Waals surface area contributed by atoms with Crippen molar-refractivity contribution in [3.8, 4) is 0 Å². The number of hydrogen-bond donors (Lipinski definition) is 1. The zero-order valence-corrected chi connectivity index (χ0v) is 18.7. The number of carbonyl (C=O) groups is 1. The number of nitrogens with zero attached hydrogens (tertiary/aromatic N) is 2. The third-order valence-corrected chi connectivity index (χ3v) is 6.51. The van der Waals surface area contributed by atoms with E-state index in [1.165, 1.54) is 23.3 Å². The van der Waals surface area contributed by atoms with E-state index in [0.717, 1.165) is 41.3 Å². The Hall–Kier alpha value is -4.19. The molecule has 6 nitrogen and oxygen atoms in total. The Labute approximate surface area is 198 Å². The van der Waals surface area contributed by atoms with Gasteiger partial charge in [0.1, 0.15) is 0 Å². The third-order valence-electron chi connectivity index (χ3n) is 6.51. The molecule has 0 radical (unpaired) electrons. The lowest BCUT2D eigenvalue weighted by Gasteiger charge is -2.36. The first-order chi connectivity index (χ1) is 16.6. The number of rotatable bonds is 5. The summed E-state index contributed by atoms with van der Waals surface area (Å²) in [4.78, 5) is 26.3. The number of anilines is 1. The predicted octanol–water partition coefficient (Wildman–Crippen LogP) is 6.86. The number of nitro benzene ring substituents is 1. The van der Waals surface area contributed by atoms with E-state index in [9.17, 15) is 14.9 Å². The molecule has 1 aliphatic rings. The Morgan fingerprint density at radius 2 is 1.68 bits per heavy atom. The van der Waals surface area contributed by atoms with Crippen molar-refractivity contribution in [3.05, 3.63) is 118 Å². The monoisotopic (exact) mass is 451 g/mol. The van der Waals surface area contributed by atoms with Crippen LogP contribution in [0.15, 0.2) is 91.0 Å². The topological polar surface area (TPSA) is 75.5 Å². The van der Waals surface area contributed by atoms with Crippen molar-refractivity contribution in [1.82, 2.24) is 4.90 Å². The van der Waals surface area contributed by atoms with Crippen LogP contribution in [0.3, 0.4) is 0 Å². The largest absolute Gasteiger partial charge is 0.322 e. The fraction of sp³-hybridized carbons (Fsp3) is 0.179. The normalized spacial score (nSPS) is 14.9. The number of amides is 2. The second-order valence-electron chi connectivity index (χ2n) is 8.62. The van der Waals surface area contributed by atoms with E-state index in [-0.39, 0.29) is 17.8 Å². The van der Waals surface area contributed by atoms with Crippen LogP contribution in [-0.2, 0) is 13.0 Å². The Morgan fingerprint density at radius 1 is 0.941 bits per heavy atom. The van der Waals surface area contributed by atoms with Crippen molar-refractivity contribution in [3.63, 3.8) is 0 Å². The number of hydrogen-bond acceptors (Lipinski definition) is 3. The molecule has 0 aliphatic heterocycles. The molecule has 1 N–H and O–H groups in total. The zero-order valence-electron chi connectivity index (χ0n) is 18.7. The van der Waals surface area contributed by atoms with Crippen LogP contribution in [0.2, 0.25) is 0 Å². The molecule has 0 saturated heterocycles. The Kier molecular flexibility index (Phi) is 5.95. The van der Waals surface area contributed by atoms with Crippen molar-refractivity contribution in [1.29, 1.82) is 0 Å². The molecule has 34 heavy (non-hydrogen) atoms. The standard InChI is InChI=1S/C28H25N3O3/c32-28(29-26-13-5-9-21-7-1-3-11-24(21)26)30(19-20-15-17-23(18-16-20)31(33)34)27-14-6-10-22-8-2-4-12-25(22)27/h1-5,7-9,11-13,15-18,27H,6,10,14,19H2,(H,29,32). The molecule has 6 heteroatoms. The third kappa shape index (κ3) is 4.35. The van der Waals surface area contributed by atoms with Crippen LogP contribution in [0.4, 0.5) is 16.2 Å². The minimum Gasteiger partial charge on any atom is -0.313 e. The smallest absolute Gasteiger partial charge is 0.313 e. The first-order valence-corrected chi connectivity index (χ1v) is 11.5. The number of urea groups is 1. The van der Waals surface area contributed by atoms with Gasteiger partial charge in [0.25, 0.3) is 5.69 Å². The lowest BCUT2D eigenvalue weighted by atomic mass is 9.86. The predicted molar refractivity (Wildman–Crippen MR) is 134 cm³/mol. The van der Waals surface area contributed by atoms with E-state index in [1.807, 2.05) is 59.5 Å². The number of aryl methyl sites for hydroxylation is 1. The Morgan fingerprint density at radius 3 is 2.50 bits per heavy atom. The number of nitrogens with one attached hydrogen (secondary N) is 1. The molecule has 5 rings (SSSR count). The van der Waals surface area contributed by atoms with Crippen LogP contribution >= 0.6 is 0 Å². The maximum Gasteiger partial charge on any atom is 0.322 e. The number of fused-ring (bicyclic) bond motifs is 2. The van der Waals surface area contributed by atoms with E-state index in [1.54, 1.807) is 12.1 Å². The number of carbonyl (C=O) groups excluding carboxylic acids is 1. The lowest BCUT2D eigenvalue weighted by Crippen LogP contribution is -2.39. The van der Waals surface area contributed by atoms with Crippen LogP contribution in [0, 0.1) is 10.1 Å². The van der Waals surface area contributed by atoms with Gasteiger partial charge in [0.05, 0.1) is 16.7 Å². The molecule has 4 aromatic carbocycles. The summed E-state index contributed by atoms with van der Waals surface area (Å²) < 4.78 is 0. The Bertz CT molecular complexity index is 1350. The van der Waals surface area contributed by atoms with Gasteiger partial charge in [0.15, 0.2) is 0 Å². The molecule has 0 bridgehead atoms. The van der Waals surface area contributed by atoms with E-state index >= 15 is 0 Å². The van der Waals surface area contributed by atoms with Crippen molar-refractivity contribution in [2.45, 2.75) is 31.8 Å². The fourth-order valence-corrected chi connectivity index (χ4v) is 4.82. The Balaban J connectivity index is 1.49. The van der Waals surface area contributed by atoms with Gasteiger partial charge in [0, 0.05) is 24.1 Å². The van der Waals surface area contributed by atoms with E-state index in [0.29, 0.717) is 6.54 Å². The SMILES string of the molecule is O=C(Nc1cccc2ccccc12)N(Cc1ccc([N+](=O)[O-])cc1)C1CCCc2ccccc21. The summed E-state index contributed by atoms with van der Waals surface area (Å²) in [5.41, 5.74) is 4.09. The van der Waals surface area contributed by atoms with Gasteiger partial charge in [-0.25, -0.2) is 4.79 Å². The highest BCUT2D eigenvalue weighted by Crippen LogP contribution is 2.36. The van der Waals surface area contributed by atoms with Crippen molar-refractivity contribution in [2.24, 2.45) is 0 Å². The lowest BCUT2D eigenvalue weighted by molar-refractivity contribution is -0.384. The molecule has 0 spiro atoms. The molecule has 4 aromatic rings. The van der Waals surface area contributed by atoms with Crippen LogP contribution in [-0.4, -0.2) is 15.9 Å². The second-order valence-corrected chi connectivity index (χ2v) is 8.62. The van der Waals surface area contributed by atoms with Gasteiger partial charge in [-0.3, -0.25) is 10.1 Å². The summed E-state index contributed by atoms with van der Waals surface area (Å²) in [7, 11) is 0. The number of non-ortho nitro benzene ring substituents is 1. The molecule has 1 unspecified atom stereocenters. The molecule has 0 heterocycles. The zero-order chi connectivity index (χ0) is 23.5. The van der Waals surface area contributed by atoms with Crippen molar-refractivity contribution < 1.29 is 9.72 Å². The molecule has 0 fully saturated rings. The maximum atomic E-state index is 13.8. The molecule has 0 saturated carbocycles. The minimum absolute atomic E-state index is 0.0403. The van der Waals surface area contributed by atoms with Crippen molar-refractivity contribution in [2.75, 3.05) is 5.32 Å². The summed E-state index contributed by atoms with van der Waals surface area (Å²) in [6, 6.07) is 28.3. The number of benzene rings is 4. The number of nitro groups is 1. The van der Waals surface area contributed by atoms with Gasteiger partial charge >= 0.3 is 6.03 Å². The molecule has 1 aliphatic carbocycles. The summed E-state index contributed by atoms with van der Waals surface area (Å²) in [5.74, 6) is 0. The highest BCUT2D eigenvalue weighted by Gasteiger charge is 2.29.